The Labute approximate surface area is 114 Å². The third kappa shape index (κ3) is 2.73. The van der Waals surface area contributed by atoms with Gasteiger partial charge in [-0.25, -0.2) is 0 Å². The SMILES string of the molecule is Cc1ccc(NC(=O)[C@H]2[C@H]3/C=C\CCCC[C@@H]32)cc1. The van der Waals surface area contributed by atoms with Crippen molar-refractivity contribution in [1.29, 1.82) is 0 Å². The Morgan fingerprint density at radius 3 is 2.79 bits per heavy atom. The predicted octanol–water partition coefficient (Wildman–Crippen LogP) is 3.93. The lowest BCUT2D eigenvalue weighted by Crippen LogP contribution is -2.15. The van der Waals surface area contributed by atoms with Gasteiger partial charge in [-0.1, -0.05) is 36.3 Å². The maximum atomic E-state index is 12.3. The van der Waals surface area contributed by atoms with Crippen molar-refractivity contribution in [2.75, 3.05) is 5.32 Å². The van der Waals surface area contributed by atoms with Gasteiger partial charge in [0.25, 0.3) is 0 Å². The van der Waals surface area contributed by atoms with Crippen LogP contribution in [0.25, 0.3) is 0 Å². The average Bonchev–Trinajstić information content (AvgIpc) is 3.03. The number of amides is 1. The molecule has 0 heterocycles. The van der Waals surface area contributed by atoms with E-state index in [-0.39, 0.29) is 11.8 Å². The summed E-state index contributed by atoms with van der Waals surface area (Å²) in [6, 6.07) is 8.03. The third-order valence-corrected chi connectivity index (χ3v) is 4.37. The molecule has 19 heavy (non-hydrogen) atoms. The van der Waals surface area contributed by atoms with Crippen LogP contribution in [-0.2, 0) is 4.79 Å². The lowest BCUT2D eigenvalue weighted by Gasteiger charge is -2.05. The molecular formula is C17H21NO. The molecule has 0 spiro atoms. The summed E-state index contributed by atoms with van der Waals surface area (Å²) in [4.78, 5) is 12.3. The molecule has 2 aliphatic carbocycles. The number of allylic oxidation sites excluding steroid dienone is 2. The molecule has 1 aromatic rings. The van der Waals surface area contributed by atoms with Crippen LogP contribution in [0.15, 0.2) is 36.4 Å². The van der Waals surface area contributed by atoms with Crippen molar-refractivity contribution < 1.29 is 4.79 Å². The molecule has 3 rings (SSSR count). The highest BCUT2D eigenvalue weighted by Gasteiger charge is 2.52. The van der Waals surface area contributed by atoms with Crippen molar-refractivity contribution in [2.45, 2.75) is 32.6 Å². The molecule has 0 bridgehead atoms. The van der Waals surface area contributed by atoms with Crippen molar-refractivity contribution in [3.8, 4) is 0 Å². The van der Waals surface area contributed by atoms with Crippen molar-refractivity contribution in [3.63, 3.8) is 0 Å². The van der Waals surface area contributed by atoms with Crippen LogP contribution >= 0.6 is 0 Å². The Morgan fingerprint density at radius 2 is 2.00 bits per heavy atom. The summed E-state index contributed by atoms with van der Waals surface area (Å²) in [5.41, 5.74) is 2.13. The van der Waals surface area contributed by atoms with Crippen LogP contribution in [0.2, 0.25) is 0 Å². The highest BCUT2D eigenvalue weighted by atomic mass is 16.2. The Morgan fingerprint density at radius 1 is 1.21 bits per heavy atom. The number of rotatable bonds is 2. The van der Waals surface area contributed by atoms with Gasteiger partial charge < -0.3 is 5.32 Å². The van der Waals surface area contributed by atoms with E-state index >= 15 is 0 Å². The fourth-order valence-electron chi connectivity index (χ4n) is 3.16. The first-order valence-electron chi connectivity index (χ1n) is 7.30. The van der Waals surface area contributed by atoms with E-state index in [0.29, 0.717) is 11.8 Å². The zero-order valence-corrected chi connectivity index (χ0v) is 11.4. The summed E-state index contributed by atoms with van der Waals surface area (Å²) in [6.45, 7) is 2.05. The predicted molar refractivity (Wildman–Crippen MR) is 77.9 cm³/mol. The summed E-state index contributed by atoms with van der Waals surface area (Å²) in [5.74, 6) is 1.48. The van der Waals surface area contributed by atoms with Gasteiger partial charge in [-0.2, -0.15) is 0 Å². The van der Waals surface area contributed by atoms with Crippen LogP contribution in [-0.4, -0.2) is 5.91 Å². The molecule has 1 saturated carbocycles. The zero-order chi connectivity index (χ0) is 13.2. The van der Waals surface area contributed by atoms with Crippen LogP contribution in [0.4, 0.5) is 5.69 Å². The van der Waals surface area contributed by atoms with E-state index in [1.807, 2.05) is 24.3 Å². The zero-order valence-electron chi connectivity index (χ0n) is 11.4. The van der Waals surface area contributed by atoms with Crippen LogP contribution in [0.1, 0.15) is 31.2 Å². The van der Waals surface area contributed by atoms with Gasteiger partial charge in [-0.15, -0.1) is 0 Å². The van der Waals surface area contributed by atoms with Crippen LogP contribution in [0.5, 0.6) is 0 Å². The van der Waals surface area contributed by atoms with E-state index in [1.54, 1.807) is 0 Å². The van der Waals surface area contributed by atoms with Gasteiger partial charge in [0.2, 0.25) is 5.91 Å². The summed E-state index contributed by atoms with van der Waals surface area (Å²) < 4.78 is 0. The summed E-state index contributed by atoms with van der Waals surface area (Å²) in [5, 5.41) is 3.06. The Hall–Kier alpha value is -1.57. The van der Waals surface area contributed by atoms with Gasteiger partial charge in [0.1, 0.15) is 0 Å². The number of hydrogen-bond acceptors (Lipinski definition) is 1. The quantitative estimate of drug-likeness (QED) is 0.797. The molecule has 2 nitrogen and oxygen atoms in total. The molecule has 1 N–H and O–H groups in total. The number of fused-ring (bicyclic) bond motifs is 1. The highest BCUT2D eigenvalue weighted by Crippen LogP contribution is 2.51. The molecule has 1 amide bonds. The molecule has 2 heteroatoms. The second-order valence-corrected chi connectivity index (χ2v) is 5.83. The lowest BCUT2D eigenvalue weighted by molar-refractivity contribution is -0.117. The number of anilines is 1. The number of carbonyl (C=O) groups is 1. The maximum Gasteiger partial charge on any atom is 0.228 e. The van der Waals surface area contributed by atoms with Crippen LogP contribution in [0.3, 0.4) is 0 Å². The maximum absolute atomic E-state index is 12.3. The van der Waals surface area contributed by atoms with Crippen LogP contribution in [0, 0.1) is 24.7 Å². The second kappa shape index (κ2) is 5.20. The summed E-state index contributed by atoms with van der Waals surface area (Å²) in [7, 11) is 0. The molecule has 1 aromatic carbocycles. The minimum absolute atomic E-state index is 0.199. The standard InChI is InChI=1S/C17H21NO/c1-12-8-10-13(11-9-12)18-17(19)16-14-6-4-2-3-5-7-15(14)16/h4,6,8-11,14-16H,2-3,5,7H2,1H3,(H,18,19)/b6-4-/t14-,15-,16-/m0/s1. The normalized spacial score (nSPS) is 30.7. The minimum atomic E-state index is 0.199. The summed E-state index contributed by atoms with van der Waals surface area (Å²) >= 11 is 0. The Bertz CT molecular complexity index is 488. The number of nitrogens with one attached hydrogen (secondary N) is 1. The number of carbonyl (C=O) groups excluding carboxylic acids is 1. The van der Waals surface area contributed by atoms with Gasteiger partial charge in [0, 0.05) is 11.6 Å². The highest BCUT2D eigenvalue weighted by molar-refractivity contribution is 5.95. The molecule has 3 atom stereocenters. The monoisotopic (exact) mass is 255 g/mol. The first-order chi connectivity index (χ1) is 9.25. The van der Waals surface area contributed by atoms with E-state index in [1.165, 1.54) is 31.2 Å². The van der Waals surface area contributed by atoms with Gasteiger partial charge in [-0.05, 0) is 50.2 Å². The van der Waals surface area contributed by atoms with Gasteiger partial charge in [0.05, 0.1) is 0 Å². The van der Waals surface area contributed by atoms with Gasteiger partial charge in [0.15, 0.2) is 0 Å². The number of hydrogen-bond donors (Lipinski definition) is 1. The van der Waals surface area contributed by atoms with Crippen molar-refractivity contribution in [1.82, 2.24) is 0 Å². The van der Waals surface area contributed by atoms with Crippen molar-refractivity contribution in [2.24, 2.45) is 17.8 Å². The smallest absolute Gasteiger partial charge is 0.228 e. The summed E-state index contributed by atoms with van der Waals surface area (Å²) in [6.07, 6.45) is 9.45. The molecule has 100 valence electrons. The van der Waals surface area contributed by atoms with Crippen LogP contribution < -0.4 is 5.32 Å². The second-order valence-electron chi connectivity index (χ2n) is 5.83. The topological polar surface area (TPSA) is 29.1 Å². The minimum Gasteiger partial charge on any atom is -0.326 e. The molecule has 0 saturated heterocycles. The van der Waals surface area contributed by atoms with Gasteiger partial charge in [-0.3, -0.25) is 4.79 Å². The molecule has 0 unspecified atom stereocenters. The first kappa shape index (κ1) is 12.5. The van der Waals surface area contributed by atoms with E-state index in [9.17, 15) is 4.79 Å². The van der Waals surface area contributed by atoms with E-state index in [2.05, 4.69) is 24.4 Å². The fourth-order valence-corrected chi connectivity index (χ4v) is 3.16. The van der Waals surface area contributed by atoms with Crippen molar-refractivity contribution in [3.05, 3.63) is 42.0 Å². The number of benzene rings is 1. The van der Waals surface area contributed by atoms with E-state index < -0.39 is 0 Å². The molecule has 0 radical (unpaired) electrons. The average molecular weight is 255 g/mol. The molecular weight excluding hydrogens is 234 g/mol. The first-order valence-corrected chi connectivity index (χ1v) is 7.30. The fraction of sp³-hybridized carbons (Fsp3) is 0.471. The third-order valence-electron chi connectivity index (χ3n) is 4.37. The van der Waals surface area contributed by atoms with E-state index in [4.69, 9.17) is 0 Å². The van der Waals surface area contributed by atoms with E-state index in [0.717, 1.165) is 5.69 Å². The lowest BCUT2D eigenvalue weighted by atomic mass is 10.1. The number of aryl methyl sites for hydroxylation is 1. The molecule has 0 aliphatic heterocycles. The molecule has 2 aliphatic rings. The molecule has 0 aromatic heterocycles. The largest absolute Gasteiger partial charge is 0.326 e. The molecule has 1 fully saturated rings. The van der Waals surface area contributed by atoms with Gasteiger partial charge >= 0.3 is 0 Å². The van der Waals surface area contributed by atoms with Crippen molar-refractivity contribution >= 4 is 11.6 Å². The Balaban J connectivity index is 1.64. The Kier molecular flexibility index (Phi) is 3.41.